The Kier molecular flexibility index (Phi) is 4.93. The van der Waals surface area contributed by atoms with E-state index in [-0.39, 0.29) is 0 Å². The summed E-state index contributed by atoms with van der Waals surface area (Å²) in [5.41, 5.74) is 3.45. The zero-order valence-electron chi connectivity index (χ0n) is 11.6. The van der Waals surface area contributed by atoms with Gasteiger partial charge in [0.1, 0.15) is 11.6 Å². The average molecular weight is 266 g/mol. The van der Waals surface area contributed by atoms with Crippen LogP contribution in [0.1, 0.15) is 31.2 Å². The highest BCUT2D eigenvalue weighted by Crippen LogP contribution is 2.23. The number of ether oxygens (including phenoxy) is 2. The first-order valence-corrected chi connectivity index (χ1v) is 6.79. The lowest BCUT2D eigenvalue weighted by Crippen LogP contribution is -2.22. The van der Waals surface area contributed by atoms with E-state index < -0.39 is 0 Å². The summed E-state index contributed by atoms with van der Waals surface area (Å²) in [7, 11) is 0. The summed E-state index contributed by atoms with van der Waals surface area (Å²) in [6.07, 6.45) is 2.85. The van der Waals surface area contributed by atoms with Crippen molar-refractivity contribution in [3.8, 4) is 5.88 Å². The van der Waals surface area contributed by atoms with Crippen LogP contribution in [-0.4, -0.2) is 29.8 Å². The lowest BCUT2D eigenvalue weighted by Gasteiger charge is -2.22. The fourth-order valence-corrected chi connectivity index (χ4v) is 2.09. The molecule has 2 rings (SSSR count). The minimum absolute atomic E-state index is 0.544. The molecule has 0 spiro atoms. The van der Waals surface area contributed by atoms with Gasteiger partial charge in [-0.3, -0.25) is 0 Å². The Hall–Kier alpha value is -1.40. The van der Waals surface area contributed by atoms with Crippen molar-refractivity contribution in [3.63, 3.8) is 0 Å². The molecule has 0 atom stereocenters. The second kappa shape index (κ2) is 6.68. The Morgan fingerprint density at radius 3 is 2.74 bits per heavy atom. The molecular weight excluding hydrogens is 244 g/mol. The second-order valence-corrected chi connectivity index (χ2v) is 4.78. The molecule has 0 unspecified atom stereocenters. The largest absolute Gasteiger partial charge is 0.477 e. The number of rotatable bonds is 5. The second-order valence-electron chi connectivity index (χ2n) is 4.78. The third-order valence-corrected chi connectivity index (χ3v) is 3.40. The highest BCUT2D eigenvalue weighted by molar-refractivity contribution is 5.47. The number of hydrazine groups is 1. The maximum Gasteiger partial charge on any atom is 0.221 e. The number of hydrogen-bond donors (Lipinski definition) is 2. The van der Waals surface area contributed by atoms with Gasteiger partial charge in [0.15, 0.2) is 0 Å². The van der Waals surface area contributed by atoms with Gasteiger partial charge >= 0.3 is 0 Å². The molecular formula is C13H22N4O2. The Morgan fingerprint density at radius 1 is 1.37 bits per heavy atom. The van der Waals surface area contributed by atoms with Gasteiger partial charge in [0.05, 0.1) is 12.2 Å². The Labute approximate surface area is 113 Å². The summed E-state index contributed by atoms with van der Waals surface area (Å²) in [5, 5.41) is 0. The average Bonchev–Trinajstić information content (AvgIpc) is 2.47. The maximum absolute atomic E-state index is 5.86. The van der Waals surface area contributed by atoms with Crippen LogP contribution < -0.4 is 16.0 Å². The number of hydrogen-bond acceptors (Lipinski definition) is 6. The van der Waals surface area contributed by atoms with E-state index in [1.54, 1.807) is 0 Å². The number of anilines is 1. The van der Waals surface area contributed by atoms with E-state index in [0.717, 1.165) is 43.9 Å². The molecule has 19 heavy (non-hydrogen) atoms. The van der Waals surface area contributed by atoms with E-state index in [0.29, 0.717) is 24.2 Å². The minimum Gasteiger partial charge on any atom is -0.477 e. The highest BCUT2D eigenvalue weighted by Gasteiger charge is 2.17. The van der Waals surface area contributed by atoms with Crippen LogP contribution in [0.25, 0.3) is 0 Å². The van der Waals surface area contributed by atoms with Crippen molar-refractivity contribution in [1.82, 2.24) is 9.97 Å². The van der Waals surface area contributed by atoms with Crippen LogP contribution in [0.4, 0.5) is 5.82 Å². The van der Waals surface area contributed by atoms with Crippen LogP contribution in [0.5, 0.6) is 5.88 Å². The molecule has 6 nitrogen and oxygen atoms in total. The molecule has 0 aromatic carbocycles. The Morgan fingerprint density at radius 2 is 2.11 bits per heavy atom. The molecule has 1 fully saturated rings. The van der Waals surface area contributed by atoms with E-state index in [1.165, 1.54) is 0 Å². The normalized spacial score (nSPS) is 16.4. The van der Waals surface area contributed by atoms with Crippen molar-refractivity contribution < 1.29 is 9.47 Å². The van der Waals surface area contributed by atoms with E-state index in [4.69, 9.17) is 15.3 Å². The predicted octanol–water partition coefficient (Wildman–Crippen LogP) is 1.44. The summed E-state index contributed by atoms with van der Waals surface area (Å²) in [4.78, 5) is 8.74. The van der Waals surface area contributed by atoms with E-state index in [1.807, 2.05) is 13.8 Å². The number of nitrogens with one attached hydrogen (secondary N) is 1. The van der Waals surface area contributed by atoms with Crippen molar-refractivity contribution in [2.24, 2.45) is 11.8 Å². The molecule has 0 radical (unpaired) electrons. The van der Waals surface area contributed by atoms with Crippen LogP contribution >= 0.6 is 0 Å². The number of nitrogen functional groups attached to an aromatic ring is 1. The van der Waals surface area contributed by atoms with Gasteiger partial charge in [0, 0.05) is 19.6 Å². The van der Waals surface area contributed by atoms with Gasteiger partial charge < -0.3 is 14.9 Å². The molecule has 0 amide bonds. The number of nitrogens with zero attached hydrogens (tertiary/aromatic N) is 2. The number of aromatic nitrogens is 2. The molecule has 0 bridgehead atoms. The summed E-state index contributed by atoms with van der Waals surface area (Å²) in [6, 6.07) is 0. The molecule has 1 aromatic rings. The molecule has 2 heterocycles. The first kappa shape index (κ1) is 14.0. The predicted molar refractivity (Wildman–Crippen MR) is 73.0 cm³/mol. The molecule has 1 aromatic heterocycles. The monoisotopic (exact) mass is 266 g/mol. The third-order valence-electron chi connectivity index (χ3n) is 3.40. The van der Waals surface area contributed by atoms with Crippen molar-refractivity contribution in [1.29, 1.82) is 0 Å². The molecule has 1 aliphatic heterocycles. The zero-order valence-corrected chi connectivity index (χ0v) is 11.6. The van der Waals surface area contributed by atoms with Crippen molar-refractivity contribution in [3.05, 3.63) is 11.4 Å². The summed E-state index contributed by atoms with van der Waals surface area (Å²) >= 11 is 0. The summed E-state index contributed by atoms with van der Waals surface area (Å²) in [6.45, 7) is 6.24. The van der Waals surface area contributed by atoms with Gasteiger partial charge in [0.2, 0.25) is 5.88 Å². The fourth-order valence-electron chi connectivity index (χ4n) is 2.09. The molecule has 3 N–H and O–H groups in total. The molecule has 1 saturated heterocycles. The Balaban J connectivity index is 2.05. The Bertz CT molecular complexity index is 419. The number of nitrogens with two attached hydrogens (primary N) is 1. The van der Waals surface area contributed by atoms with Crippen molar-refractivity contribution >= 4 is 5.82 Å². The van der Waals surface area contributed by atoms with Crippen molar-refractivity contribution in [2.75, 3.05) is 25.2 Å². The molecule has 106 valence electrons. The van der Waals surface area contributed by atoms with E-state index >= 15 is 0 Å². The van der Waals surface area contributed by atoms with Crippen molar-refractivity contribution in [2.45, 2.75) is 33.1 Å². The minimum atomic E-state index is 0.544. The molecule has 0 aliphatic carbocycles. The third kappa shape index (κ3) is 3.54. The topological polar surface area (TPSA) is 82.3 Å². The van der Waals surface area contributed by atoms with Crippen LogP contribution in [0.15, 0.2) is 0 Å². The van der Waals surface area contributed by atoms with Crippen LogP contribution in [0.2, 0.25) is 0 Å². The smallest absolute Gasteiger partial charge is 0.221 e. The van der Waals surface area contributed by atoms with Gasteiger partial charge in [0.25, 0.3) is 0 Å². The fraction of sp³-hybridized carbons (Fsp3) is 0.692. The first-order chi connectivity index (χ1) is 9.24. The van der Waals surface area contributed by atoms with Gasteiger partial charge in [-0.1, -0.05) is 6.92 Å². The zero-order chi connectivity index (χ0) is 13.7. The SMILES string of the molecule is CCc1nc(NN)c(C)c(OCC2CCOCC2)n1. The lowest BCUT2D eigenvalue weighted by atomic mass is 10.0. The highest BCUT2D eigenvalue weighted by atomic mass is 16.5. The standard InChI is InChI=1S/C13H22N4O2/c1-3-11-15-12(17-14)9(2)13(16-11)19-8-10-4-6-18-7-5-10/h10H,3-8,14H2,1-2H3,(H,15,16,17). The van der Waals surface area contributed by atoms with E-state index in [9.17, 15) is 0 Å². The summed E-state index contributed by atoms with van der Waals surface area (Å²) < 4.78 is 11.2. The molecule has 0 saturated carbocycles. The van der Waals surface area contributed by atoms with Gasteiger partial charge in [-0.05, 0) is 25.7 Å². The van der Waals surface area contributed by atoms with Gasteiger partial charge in [-0.2, -0.15) is 4.98 Å². The van der Waals surface area contributed by atoms with Crippen LogP contribution in [0.3, 0.4) is 0 Å². The summed E-state index contributed by atoms with van der Waals surface area (Å²) in [5.74, 6) is 8.01. The van der Waals surface area contributed by atoms with Gasteiger partial charge in [-0.15, -0.1) is 0 Å². The van der Waals surface area contributed by atoms with E-state index in [2.05, 4.69) is 15.4 Å². The van der Waals surface area contributed by atoms with Crippen LogP contribution in [0, 0.1) is 12.8 Å². The first-order valence-electron chi connectivity index (χ1n) is 6.79. The maximum atomic E-state index is 5.86. The molecule has 6 heteroatoms. The lowest BCUT2D eigenvalue weighted by molar-refractivity contribution is 0.0489. The quantitative estimate of drug-likeness (QED) is 0.620. The van der Waals surface area contributed by atoms with Gasteiger partial charge in [-0.25, -0.2) is 10.8 Å². The molecule has 1 aliphatic rings. The number of aryl methyl sites for hydroxylation is 1. The van der Waals surface area contributed by atoms with Crippen LogP contribution in [-0.2, 0) is 11.2 Å².